The Hall–Kier alpha value is -2.30. The van der Waals surface area contributed by atoms with Crippen LogP contribution in [0.2, 0.25) is 0 Å². The number of carbonyl (C=O) groups is 1. The SMILES string of the molecule is Cc1cccc(N2CCN(C(=O)c3ocnc3C(C)C)CC2)c1C. The molecule has 24 heavy (non-hydrogen) atoms. The molecule has 0 radical (unpaired) electrons. The van der Waals surface area contributed by atoms with Crippen molar-refractivity contribution >= 4 is 11.6 Å². The van der Waals surface area contributed by atoms with Crippen molar-refractivity contribution in [1.29, 1.82) is 0 Å². The monoisotopic (exact) mass is 327 g/mol. The number of benzene rings is 1. The fraction of sp³-hybridized carbons (Fsp3) is 0.474. The number of anilines is 1. The van der Waals surface area contributed by atoms with Gasteiger partial charge >= 0.3 is 0 Å². The predicted molar refractivity (Wildman–Crippen MR) is 94.6 cm³/mol. The first kappa shape index (κ1) is 16.6. The Morgan fingerprint density at radius 1 is 1.17 bits per heavy atom. The molecule has 0 N–H and O–H groups in total. The zero-order chi connectivity index (χ0) is 17.3. The van der Waals surface area contributed by atoms with E-state index in [1.807, 2.05) is 18.7 Å². The summed E-state index contributed by atoms with van der Waals surface area (Å²) in [5.74, 6) is 0.529. The summed E-state index contributed by atoms with van der Waals surface area (Å²) in [7, 11) is 0. The molecular formula is C19H25N3O2. The highest BCUT2D eigenvalue weighted by Gasteiger charge is 2.28. The molecule has 2 aromatic rings. The number of oxazole rings is 1. The molecule has 1 saturated heterocycles. The van der Waals surface area contributed by atoms with Gasteiger partial charge in [0.2, 0.25) is 5.76 Å². The van der Waals surface area contributed by atoms with Crippen LogP contribution < -0.4 is 4.90 Å². The number of hydrogen-bond acceptors (Lipinski definition) is 4. The molecule has 128 valence electrons. The Kier molecular flexibility index (Phi) is 4.60. The van der Waals surface area contributed by atoms with E-state index in [-0.39, 0.29) is 11.8 Å². The summed E-state index contributed by atoms with van der Waals surface area (Å²) in [6.45, 7) is 11.4. The summed E-state index contributed by atoms with van der Waals surface area (Å²) in [4.78, 5) is 21.1. The van der Waals surface area contributed by atoms with Crippen LogP contribution in [0, 0.1) is 13.8 Å². The van der Waals surface area contributed by atoms with Crippen molar-refractivity contribution in [1.82, 2.24) is 9.88 Å². The Morgan fingerprint density at radius 3 is 2.54 bits per heavy atom. The van der Waals surface area contributed by atoms with Gasteiger partial charge in [0.15, 0.2) is 6.39 Å². The normalized spacial score (nSPS) is 15.2. The predicted octanol–water partition coefficient (Wildman–Crippen LogP) is 3.38. The van der Waals surface area contributed by atoms with E-state index in [2.05, 4.69) is 41.9 Å². The number of hydrogen-bond donors (Lipinski definition) is 0. The lowest BCUT2D eigenvalue weighted by molar-refractivity contribution is 0.0712. The first-order chi connectivity index (χ1) is 11.5. The van der Waals surface area contributed by atoms with Crippen LogP contribution in [0.5, 0.6) is 0 Å². The number of amides is 1. The molecule has 0 unspecified atom stereocenters. The van der Waals surface area contributed by atoms with E-state index in [1.54, 1.807) is 0 Å². The van der Waals surface area contributed by atoms with Crippen LogP contribution in [0.4, 0.5) is 5.69 Å². The Balaban J connectivity index is 1.70. The lowest BCUT2D eigenvalue weighted by Crippen LogP contribution is -2.49. The quantitative estimate of drug-likeness (QED) is 0.867. The lowest BCUT2D eigenvalue weighted by Gasteiger charge is -2.36. The number of carbonyl (C=O) groups excluding carboxylic acids is 1. The van der Waals surface area contributed by atoms with Gasteiger partial charge in [0, 0.05) is 31.9 Å². The third-order valence-corrected chi connectivity index (χ3v) is 4.82. The fourth-order valence-electron chi connectivity index (χ4n) is 3.20. The van der Waals surface area contributed by atoms with E-state index in [4.69, 9.17) is 4.42 Å². The molecule has 0 bridgehead atoms. The van der Waals surface area contributed by atoms with Crippen LogP contribution in [-0.4, -0.2) is 42.0 Å². The zero-order valence-electron chi connectivity index (χ0n) is 14.9. The molecule has 1 aromatic carbocycles. The van der Waals surface area contributed by atoms with Crippen molar-refractivity contribution in [3.8, 4) is 0 Å². The highest BCUT2D eigenvalue weighted by Crippen LogP contribution is 2.25. The molecule has 1 aromatic heterocycles. The fourth-order valence-corrected chi connectivity index (χ4v) is 3.20. The van der Waals surface area contributed by atoms with Crippen molar-refractivity contribution in [2.24, 2.45) is 0 Å². The maximum Gasteiger partial charge on any atom is 0.291 e. The van der Waals surface area contributed by atoms with Crippen LogP contribution in [-0.2, 0) is 0 Å². The Bertz CT molecular complexity index is 728. The molecule has 1 aliphatic heterocycles. The Labute approximate surface area is 143 Å². The molecule has 0 spiro atoms. The summed E-state index contributed by atoms with van der Waals surface area (Å²) in [6, 6.07) is 6.39. The van der Waals surface area contributed by atoms with Gasteiger partial charge in [-0.1, -0.05) is 26.0 Å². The average molecular weight is 327 g/mol. The minimum atomic E-state index is -0.0446. The van der Waals surface area contributed by atoms with Crippen LogP contribution in [0.25, 0.3) is 0 Å². The van der Waals surface area contributed by atoms with E-state index in [0.717, 1.165) is 18.8 Å². The van der Waals surface area contributed by atoms with Crippen molar-refractivity contribution in [3.63, 3.8) is 0 Å². The lowest BCUT2D eigenvalue weighted by atomic mass is 10.1. The minimum Gasteiger partial charge on any atom is -0.438 e. The second-order valence-corrected chi connectivity index (χ2v) is 6.72. The van der Waals surface area contributed by atoms with Crippen molar-refractivity contribution < 1.29 is 9.21 Å². The molecule has 1 amide bonds. The van der Waals surface area contributed by atoms with Gasteiger partial charge in [0.1, 0.15) is 0 Å². The number of rotatable bonds is 3. The molecule has 0 saturated carbocycles. The molecule has 1 aliphatic rings. The number of aryl methyl sites for hydroxylation is 1. The maximum atomic E-state index is 12.7. The highest BCUT2D eigenvalue weighted by atomic mass is 16.3. The van der Waals surface area contributed by atoms with Crippen molar-refractivity contribution in [3.05, 3.63) is 47.2 Å². The van der Waals surface area contributed by atoms with Crippen molar-refractivity contribution in [2.45, 2.75) is 33.6 Å². The topological polar surface area (TPSA) is 49.6 Å². The first-order valence-electron chi connectivity index (χ1n) is 8.53. The molecule has 0 atom stereocenters. The van der Waals surface area contributed by atoms with Gasteiger partial charge in [0.25, 0.3) is 5.91 Å². The second-order valence-electron chi connectivity index (χ2n) is 6.72. The van der Waals surface area contributed by atoms with Crippen molar-refractivity contribution in [2.75, 3.05) is 31.1 Å². The van der Waals surface area contributed by atoms with Gasteiger partial charge in [-0.15, -0.1) is 0 Å². The van der Waals surface area contributed by atoms with E-state index in [9.17, 15) is 4.79 Å². The van der Waals surface area contributed by atoms with Gasteiger partial charge in [-0.2, -0.15) is 0 Å². The molecule has 0 aliphatic carbocycles. The molecule has 2 heterocycles. The van der Waals surface area contributed by atoms with E-state index in [0.29, 0.717) is 18.8 Å². The van der Waals surface area contributed by atoms with E-state index >= 15 is 0 Å². The molecule has 5 heteroatoms. The van der Waals surface area contributed by atoms with Gasteiger partial charge < -0.3 is 14.2 Å². The van der Waals surface area contributed by atoms with Gasteiger partial charge in [-0.05, 0) is 37.0 Å². The highest BCUT2D eigenvalue weighted by molar-refractivity contribution is 5.92. The van der Waals surface area contributed by atoms with E-state index < -0.39 is 0 Å². The number of aromatic nitrogens is 1. The third kappa shape index (κ3) is 3.03. The summed E-state index contributed by atoms with van der Waals surface area (Å²) in [5, 5.41) is 0. The van der Waals surface area contributed by atoms with Crippen LogP contribution >= 0.6 is 0 Å². The summed E-state index contributed by atoms with van der Waals surface area (Å²) in [5.41, 5.74) is 4.63. The largest absolute Gasteiger partial charge is 0.438 e. The van der Waals surface area contributed by atoms with Crippen LogP contribution in [0.1, 0.15) is 47.1 Å². The average Bonchev–Trinajstić information content (AvgIpc) is 3.07. The molecule has 3 rings (SSSR count). The Morgan fingerprint density at radius 2 is 1.88 bits per heavy atom. The first-order valence-corrected chi connectivity index (χ1v) is 8.53. The smallest absolute Gasteiger partial charge is 0.291 e. The number of nitrogens with zero attached hydrogens (tertiary/aromatic N) is 3. The standard InChI is InChI=1S/C19H25N3O2/c1-13(2)17-18(24-12-20-17)19(23)22-10-8-21(9-11-22)16-7-5-6-14(3)15(16)4/h5-7,12-13H,8-11H2,1-4H3. The van der Waals surface area contributed by atoms with Gasteiger partial charge in [0.05, 0.1) is 5.69 Å². The van der Waals surface area contributed by atoms with Gasteiger partial charge in [-0.3, -0.25) is 4.79 Å². The molecule has 5 nitrogen and oxygen atoms in total. The number of piperazine rings is 1. The van der Waals surface area contributed by atoms with Crippen LogP contribution in [0.15, 0.2) is 29.0 Å². The molecule has 1 fully saturated rings. The summed E-state index contributed by atoms with van der Waals surface area (Å²) < 4.78 is 5.37. The second kappa shape index (κ2) is 6.67. The van der Waals surface area contributed by atoms with E-state index in [1.165, 1.54) is 23.2 Å². The minimum absolute atomic E-state index is 0.0446. The third-order valence-electron chi connectivity index (χ3n) is 4.82. The summed E-state index contributed by atoms with van der Waals surface area (Å²) >= 11 is 0. The zero-order valence-corrected chi connectivity index (χ0v) is 14.9. The summed E-state index contributed by atoms with van der Waals surface area (Å²) in [6.07, 6.45) is 1.37. The van der Waals surface area contributed by atoms with Crippen LogP contribution in [0.3, 0.4) is 0 Å². The maximum absolute atomic E-state index is 12.7. The molecular weight excluding hydrogens is 302 g/mol. The van der Waals surface area contributed by atoms with Gasteiger partial charge in [-0.25, -0.2) is 4.98 Å².